The smallest absolute Gasteiger partial charge is 0.224 e. The number of thiazole rings is 1. The van der Waals surface area contributed by atoms with Crippen LogP contribution in [0.15, 0.2) is 64.5 Å². The number of thiocarbonyl (C=S) groups is 1. The number of carbonyl (C=O) groups excluding carboxylic acids is 1. The van der Waals surface area contributed by atoms with Crippen LogP contribution in [0.2, 0.25) is 5.02 Å². The summed E-state index contributed by atoms with van der Waals surface area (Å²) in [6.45, 7) is 3.87. The Labute approximate surface area is 236 Å². The zero-order valence-corrected chi connectivity index (χ0v) is 23.3. The summed E-state index contributed by atoms with van der Waals surface area (Å²) in [7, 11) is 0. The molecule has 0 unspecified atom stereocenters. The van der Waals surface area contributed by atoms with Crippen LogP contribution in [0.3, 0.4) is 0 Å². The summed E-state index contributed by atoms with van der Waals surface area (Å²) < 4.78 is 5.53. The molecule has 4 aromatic rings. The Balaban J connectivity index is 1.11. The molecule has 1 fully saturated rings. The van der Waals surface area contributed by atoms with Gasteiger partial charge in [-0.3, -0.25) is 4.79 Å². The Morgan fingerprint density at radius 1 is 1.16 bits per heavy atom. The zero-order valence-electron chi connectivity index (χ0n) is 20.9. The van der Waals surface area contributed by atoms with Crippen LogP contribution in [0, 0.1) is 6.92 Å². The number of likely N-dealkylation sites (tertiary alicyclic amines) is 1. The number of amides is 1. The fourth-order valence-electron chi connectivity index (χ4n) is 4.58. The number of rotatable bonds is 7. The van der Waals surface area contributed by atoms with Crippen LogP contribution < -0.4 is 10.6 Å². The number of aryl methyl sites for hydroxylation is 1. The topological polar surface area (TPSA) is 83.3 Å². The lowest BCUT2D eigenvalue weighted by molar-refractivity contribution is -0.132. The van der Waals surface area contributed by atoms with Crippen LogP contribution in [0.1, 0.15) is 35.9 Å². The molecule has 10 heteroatoms. The molecule has 0 aliphatic carbocycles. The van der Waals surface area contributed by atoms with E-state index in [0.717, 1.165) is 64.9 Å². The van der Waals surface area contributed by atoms with Crippen molar-refractivity contribution in [3.8, 4) is 22.5 Å². The van der Waals surface area contributed by atoms with Gasteiger partial charge in [-0.1, -0.05) is 47.1 Å². The minimum Gasteiger partial charge on any atom is -0.362 e. The zero-order chi connectivity index (χ0) is 26.5. The van der Waals surface area contributed by atoms with Crippen LogP contribution in [-0.2, 0) is 4.79 Å². The highest BCUT2D eigenvalue weighted by Gasteiger charge is 2.27. The largest absolute Gasteiger partial charge is 0.362 e. The Kier molecular flexibility index (Phi) is 8.36. The molecule has 0 spiro atoms. The third kappa shape index (κ3) is 6.23. The highest BCUT2D eigenvalue weighted by Crippen LogP contribution is 2.38. The van der Waals surface area contributed by atoms with E-state index in [1.165, 1.54) is 0 Å². The molecule has 38 heavy (non-hydrogen) atoms. The van der Waals surface area contributed by atoms with Crippen LogP contribution in [0.5, 0.6) is 0 Å². The maximum atomic E-state index is 12.8. The van der Waals surface area contributed by atoms with Gasteiger partial charge >= 0.3 is 0 Å². The van der Waals surface area contributed by atoms with Crippen molar-refractivity contribution in [3.05, 3.63) is 75.8 Å². The van der Waals surface area contributed by atoms with Gasteiger partial charge in [-0.15, -0.1) is 11.3 Å². The molecule has 0 saturated carbocycles. The van der Waals surface area contributed by atoms with Gasteiger partial charge in [-0.05, 0) is 56.2 Å². The number of aromatic nitrogens is 2. The number of carbonyl (C=O) groups is 1. The number of nitrogens with one attached hydrogen (secondary N) is 2. The summed E-state index contributed by atoms with van der Waals surface area (Å²) in [6, 6.07) is 17.3. The van der Waals surface area contributed by atoms with Crippen molar-refractivity contribution in [1.29, 1.82) is 0 Å². The van der Waals surface area contributed by atoms with Crippen LogP contribution >= 0.6 is 35.2 Å². The van der Waals surface area contributed by atoms with E-state index >= 15 is 0 Å². The quantitative estimate of drug-likeness (QED) is 0.247. The molecule has 1 aliphatic rings. The highest BCUT2D eigenvalue weighted by atomic mass is 35.5. The molecule has 1 amide bonds. The molecular formula is C28H28ClN5O2S2. The first-order valence-electron chi connectivity index (χ1n) is 12.5. The van der Waals surface area contributed by atoms with Gasteiger partial charge in [-0.25, -0.2) is 4.98 Å². The fraction of sp³-hybridized carbons (Fsp3) is 0.286. The molecule has 2 N–H and O–H groups in total. The predicted octanol–water partition coefficient (Wildman–Crippen LogP) is 6.51. The Morgan fingerprint density at radius 3 is 2.63 bits per heavy atom. The average Bonchev–Trinajstić information content (AvgIpc) is 3.57. The first-order chi connectivity index (χ1) is 18.5. The standard InChI is InChI=1S/C28H28ClN5O2S2/c1-18-25(26(33-36-18)19-5-3-2-4-6-19)23-17-38-27(32-23)20-12-15-34(16-13-20)24(35)11-14-30-28(37)31-22-9-7-21(29)8-10-22/h2-10,17,20H,11-16H2,1H3,(H2,30,31,37). The summed E-state index contributed by atoms with van der Waals surface area (Å²) in [5.41, 5.74) is 4.52. The average molecular weight is 566 g/mol. The fourth-order valence-corrected chi connectivity index (χ4v) is 5.91. The van der Waals surface area contributed by atoms with E-state index in [4.69, 9.17) is 33.3 Å². The minimum absolute atomic E-state index is 0.137. The van der Waals surface area contributed by atoms with Gasteiger partial charge in [0.2, 0.25) is 5.91 Å². The van der Waals surface area contributed by atoms with Crippen LogP contribution in [0.25, 0.3) is 22.5 Å². The van der Waals surface area contributed by atoms with Gasteiger partial charge in [0.05, 0.1) is 16.3 Å². The molecule has 0 bridgehead atoms. The van der Waals surface area contributed by atoms with Crippen molar-refractivity contribution in [2.24, 2.45) is 0 Å². The molecule has 0 radical (unpaired) electrons. The minimum atomic E-state index is 0.137. The van der Waals surface area contributed by atoms with Crippen molar-refractivity contribution in [3.63, 3.8) is 0 Å². The van der Waals surface area contributed by atoms with Gasteiger partial charge in [0.25, 0.3) is 0 Å². The van der Waals surface area contributed by atoms with E-state index in [9.17, 15) is 4.79 Å². The van der Waals surface area contributed by atoms with Gasteiger partial charge < -0.3 is 20.1 Å². The molecule has 0 atom stereocenters. The predicted molar refractivity (Wildman–Crippen MR) is 157 cm³/mol. The number of halogens is 1. The highest BCUT2D eigenvalue weighted by molar-refractivity contribution is 7.80. The summed E-state index contributed by atoms with van der Waals surface area (Å²) in [6.07, 6.45) is 2.19. The lowest BCUT2D eigenvalue weighted by Crippen LogP contribution is -2.40. The van der Waals surface area contributed by atoms with Crippen LogP contribution in [-0.4, -0.2) is 45.7 Å². The number of benzene rings is 2. The second-order valence-corrected chi connectivity index (χ2v) is 10.9. The van der Waals surface area contributed by atoms with Crippen molar-refractivity contribution in [2.45, 2.75) is 32.1 Å². The molecule has 1 saturated heterocycles. The molecule has 2 aromatic heterocycles. The lowest BCUT2D eigenvalue weighted by atomic mass is 9.97. The SMILES string of the molecule is Cc1onc(-c2ccccc2)c1-c1csc(C2CCN(C(=O)CCNC(=S)Nc3ccc(Cl)cc3)CC2)n1. The van der Waals surface area contributed by atoms with E-state index < -0.39 is 0 Å². The lowest BCUT2D eigenvalue weighted by Gasteiger charge is -2.31. The summed E-state index contributed by atoms with van der Waals surface area (Å²) >= 11 is 12.9. The third-order valence-corrected chi connectivity index (χ3v) is 8.12. The normalized spacial score (nSPS) is 13.9. The maximum absolute atomic E-state index is 12.8. The summed E-state index contributed by atoms with van der Waals surface area (Å²) in [4.78, 5) is 19.7. The number of hydrogen-bond acceptors (Lipinski definition) is 6. The van der Waals surface area contributed by atoms with Gasteiger partial charge in [0.15, 0.2) is 5.11 Å². The van der Waals surface area contributed by atoms with E-state index in [-0.39, 0.29) is 5.91 Å². The van der Waals surface area contributed by atoms with Gasteiger partial charge in [-0.2, -0.15) is 0 Å². The van der Waals surface area contributed by atoms with Crippen molar-refractivity contribution >= 4 is 51.9 Å². The Morgan fingerprint density at radius 2 is 1.89 bits per heavy atom. The maximum Gasteiger partial charge on any atom is 0.224 e. The second-order valence-electron chi connectivity index (χ2n) is 9.19. The second kappa shape index (κ2) is 12.1. The van der Waals surface area contributed by atoms with Gasteiger partial charge in [0, 0.05) is 53.6 Å². The Hall–Kier alpha value is -3.27. The Bertz CT molecular complexity index is 1400. The molecule has 2 aromatic carbocycles. The van der Waals surface area contributed by atoms with Gasteiger partial charge in [0.1, 0.15) is 11.5 Å². The molecule has 196 valence electrons. The molecule has 1 aliphatic heterocycles. The summed E-state index contributed by atoms with van der Waals surface area (Å²) in [5, 5.41) is 14.8. The van der Waals surface area contributed by atoms with Crippen LogP contribution in [0.4, 0.5) is 5.69 Å². The van der Waals surface area contributed by atoms with Crippen molar-refractivity contribution in [2.75, 3.05) is 25.0 Å². The van der Waals surface area contributed by atoms with E-state index in [0.29, 0.717) is 29.0 Å². The number of nitrogens with zero attached hydrogens (tertiary/aromatic N) is 3. The number of anilines is 1. The van der Waals surface area contributed by atoms with Crippen molar-refractivity contribution < 1.29 is 9.32 Å². The molecular weight excluding hydrogens is 538 g/mol. The first-order valence-corrected chi connectivity index (χ1v) is 14.2. The van der Waals surface area contributed by atoms with E-state index in [1.807, 2.05) is 54.3 Å². The monoisotopic (exact) mass is 565 g/mol. The number of hydrogen-bond donors (Lipinski definition) is 2. The van der Waals surface area contributed by atoms with E-state index in [1.54, 1.807) is 23.5 Å². The van der Waals surface area contributed by atoms with E-state index in [2.05, 4.69) is 21.2 Å². The number of piperidine rings is 1. The molecule has 3 heterocycles. The molecule has 7 nitrogen and oxygen atoms in total. The summed E-state index contributed by atoms with van der Waals surface area (Å²) in [5.74, 6) is 1.24. The van der Waals surface area contributed by atoms with Crippen molar-refractivity contribution in [1.82, 2.24) is 20.4 Å². The first kappa shape index (κ1) is 26.3. The third-order valence-electron chi connectivity index (χ3n) is 6.61. The molecule has 5 rings (SSSR count).